The number of aromatic nitrogens is 1. The number of carbonyl (C=O) groups excluding carboxylic acids is 1. The molecule has 25 heavy (non-hydrogen) atoms. The molecule has 3 rings (SSSR count). The second-order valence-electron chi connectivity index (χ2n) is 6.14. The van der Waals surface area contributed by atoms with E-state index in [1.54, 1.807) is 36.6 Å². The summed E-state index contributed by atoms with van der Waals surface area (Å²) in [6.45, 7) is 3.18. The number of anilines is 1. The average Bonchev–Trinajstić information content (AvgIpc) is 3.02. The molecule has 7 heteroatoms. The van der Waals surface area contributed by atoms with Gasteiger partial charge in [0.15, 0.2) is 0 Å². The highest BCUT2D eigenvalue weighted by atomic mass is 35.5. The van der Waals surface area contributed by atoms with Crippen LogP contribution in [0.4, 0.5) is 5.69 Å². The lowest BCUT2D eigenvalue weighted by Crippen LogP contribution is -2.29. The summed E-state index contributed by atoms with van der Waals surface area (Å²) in [4.78, 5) is 19.3. The van der Waals surface area contributed by atoms with Crippen molar-refractivity contribution in [3.05, 3.63) is 39.3 Å². The number of hydrogen-bond donors (Lipinski definition) is 1. The third-order valence-corrected chi connectivity index (χ3v) is 5.36. The molecule has 1 aromatic carbocycles. The van der Waals surface area contributed by atoms with Crippen LogP contribution in [0.15, 0.2) is 23.6 Å². The molecule has 2 aromatic rings. The maximum absolute atomic E-state index is 12.2. The van der Waals surface area contributed by atoms with E-state index in [0.717, 1.165) is 30.3 Å². The number of piperidine rings is 1. The quantitative estimate of drug-likeness (QED) is 0.825. The molecule has 1 aliphatic heterocycles. The molecule has 5 nitrogen and oxygen atoms in total. The molecule has 0 spiro atoms. The number of hydrogen-bond acceptors (Lipinski definition) is 5. The van der Waals surface area contributed by atoms with Gasteiger partial charge < -0.3 is 10.1 Å². The van der Waals surface area contributed by atoms with Crippen molar-refractivity contribution >= 4 is 34.5 Å². The number of rotatable bonds is 6. The molecule has 1 fully saturated rings. The first-order valence-electron chi connectivity index (χ1n) is 8.43. The van der Waals surface area contributed by atoms with Crippen LogP contribution in [0.25, 0.3) is 0 Å². The smallest absolute Gasteiger partial charge is 0.230 e. The maximum atomic E-state index is 12.2. The van der Waals surface area contributed by atoms with E-state index < -0.39 is 0 Å². The molecule has 0 saturated carbocycles. The predicted octanol–water partition coefficient (Wildman–Crippen LogP) is 3.97. The van der Waals surface area contributed by atoms with Crippen LogP contribution >= 0.6 is 22.9 Å². The second-order valence-corrected chi connectivity index (χ2v) is 7.49. The molecule has 1 aromatic heterocycles. The van der Waals surface area contributed by atoms with Gasteiger partial charge in [-0.1, -0.05) is 18.0 Å². The fraction of sp³-hybridized carbons (Fsp3) is 0.444. The zero-order chi connectivity index (χ0) is 17.6. The van der Waals surface area contributed by atoms with Gasteiger partial charge in [-0.25, -0.2) is 4.98 Å². The van der Waals surface area contributed by atoms with E-state index in [2.05, 4.69) is 15.2 Å². The highest BCUT2D eigenvalue weighted by Crippen LogP contribution is 2.27. The number of carbonyl (C=O) groups is 1. The monoisotopic (exact) mass is 379 g/mol. The Morgan fingerprint density at radius 2 is 2.16 bits per heavy atom. The Kier molecular flexibility index (Phi) is 6.29. The molecule has 0 radical (unpaired) electrons. The normalized spacial score (nSPS) is 15.1. The number of ether oxygens (including phenoxy) is 1. The molecular weight excluding hydrogens is 358 g/mol. The van der Waals surface area contributed by atoms with Crippen LogP contribution in [0, 0.1) is 0 Å². The van der Waals surface area contributed by atoms with E-state index in [1.165, 1.54) is 19.3 Å². The summed E-state index contributed by atoms with van der Waals surface area (Å²) in [6.07, 6.45) is 4.13. The molecule has 1 saturated heterocycles. The van der Waals surface area contributed by atoms with Crippen LogP contribution in [0.1, 0.15) is 30.0 Å². The van der Waals surface area contributed by atoms with E-state index in [4.69, 9.17) is 16.3 Å². The van der Waals surface area contributed by atoms with Crippen LogP contribution in [-0.4, -0.2) is 36.0 Å². The number of benzene rings is 1. The Labute approximate surface area is 157 Å². The first-order valence-corrected chi connectivity index (χ1v) is 9.69. The number of halogens is 1. The Morgan fingerprint density at radius 1 is 1.36 bits per heavy atom. The van der Waals surface area contributed by atoms with Crippen molar-refractivity contribution in [3.63, 3.8) is 0 Å². The van der Waals surface area contributed by atoms with Crippen molar-refractivity contribution in [2.24, 2.45) is 0 Å². The van der Waals surface area contributed by atoms with Gasteiger partial charge in [0, 0.05) is 11.1 Å². The Morgan fingerprint density at radius 3 is 2.88 bits per heavy atom. The highest BCUT2D eigenvalue weighted by Gasteiger charge is 2.14. The minimum Gasteiger partial charge on any atom is -0.495 e. The summed E-state index contributed by atoms with van der Waals surface area (Å²) in [5.41, 5.74) is 1.47. The summed E-state index contributed by atoms with van der Waals surface area (Å²) in [6, 6.07) is 5.18. The number of methoxy groups -OCH3 is 1. The lowest BCUT2D eigenvalue weighted by molar-refractivity contribution is -0.115. The van der Waals surface area contributed by atoms with Gasteiger partial charge in [-0.15, -0.1) is 11.3 Å². The van der Waals surface area contributed by atoms with E-state index >= 15 is 0 Å². The van der Waals surface area contributed by atoms with Crippen LogP contribution in [0.3, 0.4) is 0 Å². The number of amides is 1. The third-order valence-electron chi connectivity index (χ3n) is 4.18. The lowest BCUT2D eigenvalue weighted by Gasteiger charge is -2.25. The molecule has 0 atom stereocenters. The van der Waals surface area contributed by atoms with Crippen LogP contribution in [-0.2, 0) is 17.8 Å². The zero-order valence-corrected chi connectivity index (χ0v) is 15.8. The Hall–Kier alpha value is -1.63. The van der Waals surface area contributed by atoms with Crippen molar-refractivity contribution in [3.8, 4) is 5.75 Å². The number of nitrogens with zero attached hydrogens (tertiary/aromatic N) is 2. The lowest BCUT2D eigenvalue weighted by atomic mass is 10.1. The SMILES string of the molecule is COc1ccc(NC(=O)Cc2csc(CN3CCCCC3)n2)cc1Cl. The highest BCUT2D eigenvalue weighted by molar-refractivity contribution is 7.09. The molecule has 1 amide bonds. The summed E-state index contributed by atoms with van der Waals surface area (Å²) in [7, 11) is 1.56. The fourth-order valence-corrected chi connectivity index (χ4v) is 4.02. The minimum absolute atomic E-state index is 0.101. The van der Waals surface area contributed by atoms with Crippen LogP contribution in [0.2, 0.25) is 5.02 Å². The van der Waals surface area contributed by atoms with Gasteiger partial charge in [-0.3, -0.25) is 9.69 Å². The van der Waals surface area contributed by atoms with E-state index in [0.29, 0.717) is 16.5 Å². The summed E-state index contributed by atoms with van der Waals surface area (Å²) in [5.74, 6) is 0.484. The first kappa shape index (κ1) is 18.2. The molecule has 0 aliphatic carbocycles. The predicted molar refractivity (Wildman–Crippen MR) is 102 cm³/mol. The topological polar surface area (TPSA) is 54.5 Å². The molecule has 1 N–H and O–H groups in total. The van der Waals surface area contributed by atoms with Gasteiger partial charge in [0.2, 0.25) is 5.91 Å². The third kappa shape index (κ3) is 5.17. The molecule has 2 heterocycles. The van der Waals surface area contributed by atoms with E-state index in [9.17, 15) is 4.79 Å². The molecule has 134 valence electrons. The molecular formula is C18H22ClN3O2S. The second kappa shape index (κ2) is 8.65. The molecule has 1 aliphatic rings. The van der Waals surface area contributed by atoms with E-state index in [-0.39, 0.29) is 12.3 Å². The van der Waals surface area contributed by atoms with Gasteiger partial charge in [0.05, 0.1) is 30.8 Å². The van der Waals surface area contributed by atoms with Gasteiger partial charge in [0.1, 0.15) is 10.8 Å². The zero-order valence-electron chi connectivity index (χ0n) is 14.3. The van der Waals surface area contributed by atoms with Gasteiger partial charge in [0.25, 0.3) is 0 Å². The van der Waals surface area contributed by atoms with Crippen molar-refractivity contribution in [1.29, 1.82) is 0 Å². The van der Waals surface area contributed by atoms with Crippen molar-refractivity contribution in [1.82, 2.24) is 9.88 Å². The summed E-state index contributed by atoms with van der Waals surface area (Å²) in [5, 5.41) is 6.37. The average molecular weight is 380 g/mol. The molecule has 0 unspecified atom stereocenters. The van der Waals surface area contributed by atoms with Crippen LogP contribution < -0.4 is 10.1 Å². The largest absolute Gasteiger partial charge is 0.495 e. The van der Waals surface area contributed by atoms with Gasteiger partial charge >= 0.3 is 0 Å². The first-order chi connectivity index (χ1) is 12.1. The van der Waals surface area contributed by atoms with Crippen molar-refractivity contribution in [2.45, 2.75) is 32.2 Å². The Balaban J connectivity index is 1.53. The summed E-state index contributed by atoms with van der Waals surface area (Å²) < 4.78 is 5.11. The van der Waals surface area contributed by atoms with Gasteiger partial charge in [-0.2, -0.15) is 0 Å². The number of likely N-dealkylation sites (tertiary alicyclic amines) is 1. The molecule has 0 bridgehead atoms. The van der Waals surface area contributed by atoms with Crippen molar-refractivity contribution < 1.29 is 9.53 Å². The minimum atomic E-state index is -0.101. The summed E-state index contributed by atoms with van der Waals surface area (Å²) >= 11 is 7.71. The van der Waals surface area contributed by atoms with Gasteiger partial charge in [-0.05, 0) is 44.1 Å². The van der Waals surface area contributed by atoms with Crippen LogP contribution in [0.5, 0.6) is 5.75 Å². The van der Waals surface area contributed by atoms with E-state index in [1.807, 2.05) is 5.38 Å². The Bertz CT molecular complexity index is 729. The number of nitrogens with one attached hydrogen (secondary N) is 1. The maximum Gasteiger partial charge on any atom is 0.230 e. The fourth-order valence-electron chi connectivity index (χ4n) is 2.93. The van der Waals surface area contributed by atoms with Crippen molar-refractivity contribution in [2.75, 3.05) is 25.5 Å². The standard InChI is InChI=1S/C18H22ClN3O2S/c1-24-16-6-5-13(9-15(16)19)20-17(23)10-14-12-25-18(21-14)11-22-7-3-2-4-8-22/h5-6,9,12H,2-4,7-8,10-11H2,1H3,(H,20,23). The number of thiazole rings is 1.